The Bertz CT molecular complexity index is 1200. The summed E-state index contributed by atoms with van der Waals surface area (Å²) in [6, 6.07) is 0. The van der Waals surface area contributed by atoms with E-state index in [4.69, 9.17) is 42.6 Å². The SMILES string of the molecule is OC[C@H]1O[C@@H](O[C@@H]2[C@@H](O)[C@H](O[C@H]3[C@H](O[C@@H]4[C@H](O)[C@@H](O)[C@H](O)O[C@@H]4CO)O[C@H](CO)[C@@H](O)[C@@H]3O[C@@H]3O[C@H](CO)[C@@H](O)[C@H](O)[C@H]3O)O[C@H](CO)[C@H]2O)[C@H](O)[C@@H](O)[C@@H]1O. The Labute approximate surface area is 316 Å². The quantitative estimate of drug-likeness (QED) is 0.0819. The van der Waals surface area contributed by atoms with Crippen molar-refractivity contribution >= 4 is 0 Å². The van der Waals surface area contributed by atoms with Gasteiger partial charge >= 0.3 is 0 Å². The fraction of sp³-hybridized carbons (Fsp3) is 1.00. The third-order valence-corrected chi connectivity index (χ3v) is 10.3. The third-order valence-electron chi connectivity index (χ3n) is 10.3. The Morgan fingerprint density at radius 1 is 0.268 bits per heavy atom. The molecule has 0 radical (unpaired) electrons. The Balaban J connectivity index is 1.50. The van der Waals surface area contributed by atoms with Crippen molar-refractivity contribution in [2.75, 3.05) is 33.0 Å². The number of aliphatic hydroxyl groups is 17. The number of hydrogen-bond donors (Lipinski definition) is 17. The second-order valence-electron chi connectivity index (χ2n) is 13.9. The maximum Gasteiger partial charge on any atom is 0.187 e. The van der Waals surface area contributed by atoms with E-state index < -0.39 is 187 Å². The van der Waals surface area contributed by atoms with Crippen LogP contribution in [0.3, 0.4) is 0 Å². The molecule has 0 unspecified atom stereocenters. The highest BCUT2D eigenvalue weighted by Crippen LogP contribution is 2.37. The summed E-state index contributed by atoms with van der Waals surface area (Å²) in [7, 11) is 0. The molecule has 0 amide bonds. The Kier molecular flexibility index (Phi) is 16.1. The van der Waals surface area contributed by atoms with Gasteiger partial charge in [-0.25, -0.2) is 0 Å². The second-order valence-corrected chi connectivity index (χ2v) is 13.9. The van der Waals surface area contributed by atoms with E-state index in [9.17, 15) is 86.8 Å². The van der Waals surface area contributed by atoms with E-state index in [1.165, 1.54) is 0 Å². The fourth-order valence-corrected chi connectivity index (χ4v) is 6.99. The van der Waals surface area contributed by atoms with E-state index in [2.05, 4.69) is 0 Å². The molecule has 5 heterocycles. The van der Waals surface area contributed by atoms with E-state index in [1.54, 1.807) is 0 Å². The van der Waals surface area contributed by atoms with Gasteiger partial charge in [0.05, 0.1) is 33.0 Å². The van der Waals surface area contributed by atoms with Crippen molar-refractivity contribution in [1.82, 2.24) is 0 Å². The van der Waals surface area contributed by atoms with Crippen molar-refractivity contribution in [3.05, 3.63) is 0 Å². The van der Waals surface area contributed by atoms with Crippen LogP contribution >= 0.6 is 0 Å². The average molecular weight is 829 g/mol. The monoisotopic (exact) mass is 828 g/mol. The summed E-state index contributed by atoms with van der Waals surface area (Å²) >= 11 is 0. The first-order valence-electron chi connectivity index (χ1n) is 17.6. The summed E-state index contributed by atoms with van der Waals surface area (Å²) in [6.45, 7) is -4.75. The fourth-order valence-electron chi connectivity index (χ4n) is 6.99. The molecule has 26 nitrogen and oxygen atoms in total. The molecule has 25 atom stereocenters. The van der Waals surface area contributed by atoms with Crippen LogP contribution in [0, 0.1) is 0 Å². The van der Waals surface area contributed by atoms with Gasteiger partial charge in [0.2, 0.25) is 0 Å². The van der Waals surface area contributed by atoms with Crippen LogP contribution in [0.2, 0.25) is 0 Å². The van der Waals surface area contributed by atoms with Gasteiger partial charge in [0.25, 0.3) is 0 Å². The molecule has 26 heteroatoms. The van der Waals surface area contributed by atoms with E-state index in [-0.39, 0.29) is 0 Å². The highest BCUT2D eigenvalue weighted by Gasteiger charge is 2.57. The van der Waals surface area contributed by atoms with Crippen LogP contribution in [0.5, 0.6) is 0 Å². The largest absolute Gasteiger partial charge is 0.394 e. The zero-order chi connectivity index (χ0) is 41.3. The summed E-state index contributed by atoms with van der Waals surface area (Å²) in [5, 5.41) is 177. The molecular weight excluding hydrogens is 776 g/mol. The average Bonchev–Trinajstić information content (AvgIpc) is 3.19. The van der Waals surface area contributed by atoms with Gasteiger partial charge in [-0.15, -0.1) is 0 Å². The van der Waals surface area contributed by atoms with Crippen molar-refractivity contribution in [3.63, 3.8) is 0 Å². The summed E-state index contributed by atoms with van der Waals surface area (Å²) in [5.74, 6) is 0. The van der Waals surface area contributed by atoms with Crippen molar-refractivity contribution in [2.24, 2.45) is 0 Å². The lowest BCUT2D eigenvalue weighted by atomic mass is 9.95. The summed E-state index contributed by atoms with van der Waals surface area (Å²) in [6.07, 6.45) is -48.2. The molecule has 5 aliphatic heterocycles. The van der Waals surface area contributed by atoms with E-state index in [1.807, 2.05) is 0 Å². The lowest BCUT2D eigenvalue weighted by molar-refractivity contribution is -0.410. The molecule has 0 aromatic rings. The van der Waals surface area contributed by atoms with E-state index in [0.717, 1.165) is 0 Å². The van der Waals surface area contributed by atoms with Gasteiger partial charge < -0.3 is 129 Å². The minimum atomic E-state index is -2.22. The molecule has 0 aromatic carbocycles. The summed E-state index contributed by atoms with van der Waals surface area (Å²) < 4.78 is 50.4. The van der Waals surface area contributed by atoms with Gasteiger partial charge in [-0.1, -0.05) is 0 Å². The molecule has 5 fully saturated rings. The molecule has 5 rings (SSSR count). The van der Waals surface area contributed by atoms with Gasteiger partial charge in [0, 0.05) is 0 Å². The van der Waals surface area contributed by atoms with Crippen LogP contribution < -0.4 is 0 Å². The molecular formula is C30H52O26. The molecule has 328 valence electrons. The predicted molar refractivity (Wildman–Crippen MR) is 167 cm³/mol. The Morgan fingerprint density at radius 3 is 1.09 bits per heavy atom. The third kappa shape index (κ3) is 9.16. The smallest absolute Gasteiger partial charge is 0.187 e. The number of aliphatic hydroxyl groups excluding tert-OH is 17. The minimum Gasteiger partial charge on any atom is -0.394 e. The maximum atomic E-state index is 11.5. The lowest BCUT2D eigenvalue weighted by Gasteiger charge is -2.51. The summed E-state index contributed by atoms with van der Waals surface area (Å²) in [5.41, 5.74) is 0. The van der Waals surface area contributed by atoms with Crippen LogP contribution in [0.25, 0.3) is 0 Å². The van der Waals surface area contributed by atoms with Gasteiger partial charge in [-0.2, -0.15) is 0 Å². The number of hydrogen-bond acceptors (Lipinski definition) is 26. The normalized spacial score (nSPS) is 53.2. The molecule has 0 aromatic heterocycles. The Morgan fingerprint density at radius 2 is 0.625 bits per heavy atom. The topological polar surface area (TPSA) is 427 Å². The van der Waals surface area contributed by atoms with Gasteiger partial charge in [0.1, 0.15) is 122 Å². The molecule has 17 N–H and O–H groups in total. The van der Waals surface area contributed by atoms with Crippen molar-refractivity contribution in [2.45, 2.75) is 154 Å². The number of ether oxygens (including phenoxy) is 9. The van der Waals surface area contributed by atoms with E-state index in [0.29, 0.717) is 0 Å². The highest BCUT2D eigenvalue weighted by atomic mass is 16.8. The molecule has 0 spiro atoms. The zero-order valence-corrected chi connectivity index (χ0v) is 29.2. The first kappa shape index (κ1) is 46.0. The molecule has 0 aliphatic carbocycles. The maximum absolute atomic E-state index is 11.5. The summed E-state index contributed by atoms with van der Waals surface area (Å²) in [4.78, 5) is 0. The first-order valence-corrected chi connectivity index (χ1v) is 17.6. The standard InChI is InChI=1S/C30H52O26/c31-1-6-11(36)15(40)19(44)27(49-6)54-23-13(38)8(3-33)51-29(21(23)46)56-25-24(55-28-20(45)16(41)12(37)7(2-32)50-28)14(39)9(4-34)52-30(25)53-22-10(5-35)48-26(47)18(43)17(22)42/h6-47H,1-5H2/t6-,7-,8-,9-,10-,11-,12-,13-,14-,15+,16+,17-,18-,19-,20-,21-,22+,23+,24+,25-,26-,27+,28+,29+,30+/m1/s1. The number of rotatable bonds is 13. The van der Waals surface area contributed by atoms with Crippen molar-refractivity contribution < 1.29 is 129 Å². The van der Waals surface area contributed by atoms with Crippen LogP contribution in [-0.2, 0) is 42.6 Å². The van der Waals surface area contributed by atoms with Gasteiger partial charge in [-0.3, -0.25) is 0 Å². The Hall–Kier alpha value is -1.04. The molecule has 0 bridgehead atoms. The minimum absolute atomic E-state index is 0.876. The lowest BCUT2D eigenvalue weighted by Crippen LogP contribution is -2.69. The molecule has 0 saturated carbocycles. The van der Waals surface area contributed by atoms with Crippen LogP contribution in [0.4, 0.5) is 0 Å². The van der Waals surface area contributed by atoms with Gasteiger partial charge in [-0.05, 0) is 0 Å². The van der Waals surface area contributed by atoms with Crippen molar-refractivity contribution in [3.8, 4) is 0 Å². The van der Waals surface area contributed by atoms with Crippen LogP contribution in [0.15, 0.2) is 0 Å². The van der Waals surface area contributed by atoms with Gasteiger partial charge in [0.15, 0.2) is 31.5 Å². The highest BCUT2D eigenvalue weighted by molar-refractivity contribution is 4.99. The van der Waals surface area contributed by atoms with Crippen LogP contribution in [0.1, 0.15) is 0 Å². The molecule has 56 heavy (non-hydrogen) atoms. The van der Waals surface area contributed by atoms with Crippen molar-refractivity contribution in [1.29, 1.82) is 0 Å². The van der Waals surface area contributed by atoms with E-state index >= 15 is 0 Å². The first-order chi connectivity index (χ1) is 26.5. The zero-order valence-electron chi connectivity index (χ0n) is 29.2. The van der Waals surface area contributed by atoms with Crippen LogP contribution in [-0.4, -0.2) is 273 Å². The molecule has 5 saturated heterocycles. The molecule has 5 aliphatic rings. The second kappa shape index (κ2) is 19.6. The predicted octanol–water partition coefficient (Wildman–Crippen LogP) is -11.9.